The molecule has 0 aliphatic carbocycles. The molecule has 0 unspecified atom stereocenters. The Kier molecular flexibility index (Phi) is 6.25. The maximum atomic E-state index is 13.5. The molecule has 2 aromatic carbocycles. The Labute approximate surface area is 164 Å². The van der Waals surface area contributed by atoms with Crippen molar-refractivity contribution in [1.82, 2.24) is 0 Å². The van der Waals surface area contributed by atoms with E-state index in [0.717, 1.165) is 13.0 Å². The molecule has 0 bridgehead atoms. The Morgan fingerprint density at radius 2 is 1.73 bits per heavy atom. The van der Waals surface area contributed by atoms with E-state index in [1.54, 1.807) is 0 Å². The highest BCUT2D eigenvalue weighted by Crippen LogP contribution is 2.37. The molecule has 2 N–H and O–H groups in total. The molecule has 13 heteroatoms. The van der Waals surface area contributed by atoms with Crippen molar-refractivity contribution in [2.75, 3.05) is 11.9 Å². The first-order valence-electron chi connectivity index (χ1n) is 7.89. The number of hydrogen-bond donors (Lipinski definition) is 2. The number of nitro benzene ring substituents is 1. The van der Waals surface area contributed by atoms with Crippen molar-refractivity contribution in [3.05, 3.63) is 63.5 Å². The smallest absolute Gasteiger partial charge is 0.423 e. The van der Waals surface area contributed by atoms with Crippen LogP contribution in [0.1, 0.15) is 12.5 Å². The number of carbonyl (C=O) groups excluding carboxylic acids is 1. The van der Waals surface area contributed by atoms with Crippen molar-refractivity contribution in [3.8, 4) is 5.75 Å². The van der Waals surface area contributed by atoms with Crippen LogP contribution in [-0.4, -0.2) is 28.1 Å². The summed E-state index contributed by atoms with van der Waals surface area (Å²) in [4.78, 5) is 21.6. The van der Waals surface area contributed by atoms with Crippen LogP contribution >= 0.6 is 0 Å². The third-order valence-electron chi connectivity index (χ3n) is 3.71. The van der Waals surface area contributed by atoms with Crippen molar-refractivity contribution in [2.24, 2.45) is 0 Å². The molecular formula is C17H12F6N2O5. The number of anilines is 1. The first kappa shape index (κ1) is 22.9. The number of carbonyl (C=O) groups is 1. The SMILES string of the molecule is C[C@@](O)(COc1c(F)cc(F)cc1F)C(=O)Nc1ccc([N+](=O)[O-])c(C(F)(F)F)c1. The lowest BCUT2D eigenvalue weighted by Gasteiger charge is -2.23. The molecule has 0 fully saturated rings. The molecule has 0 radical (unpaired) electrons. The van der Waals surface area contributed by atoms with Crippen molar-refractivity contribution in [2.45, 2.75) is 18.7 Å². The molecule has 0 saturated heterocycles. The van der Waals surface area contributed by atoms with Crippen molar-refractivity contribution < 1.29 is 45.9 Å². The second kappa shape index (κ2) is 8.18. The van der Waals surface area contributed by atoms with Gasteiger partial charge in [-0.3, -0.25) is 14.9 Å². The summed E-state index contributed by atoms with van der Waals surface area (Å²) in [7, 11) is 0. The van der Waals surface area contributed by atoms with Crippen LogP contribution in [0.5, 0.6) is 5.75 Å². The molecule has 1 atom stereocenters. The Bertz CT molecular complexity index is 970. The van der Waals surface area contributed by atoms with Gasteiger partial charge < -0.3 is 15.2 Å². The fourth-order valence-corrected chi connectivity index (χ4v) is 2.21. The molecule has 2 rings (SSSR count). The minimum atomic E-state index is -5.10. The van der Waals surface area contributed by atoms with Gasteiger partial charge in [-0.1, -0.05) is 0 Å². The van der Waals surface area contributed by atoms with Crippen LogP contribution in [-0.2, 0) is 11.0 Å². The van der Waals surface area contributed by atoms with Gasteiger partial charge in [0.15, 0.2) is 23.0 Å². The fraction of sp³-hybridized carbons (Fsp3) is 0.235. The van der Waals surface area contributed by atoms with Gasteiger partial charge in [0.25, 0.3) is 11.6 Å². The summed E-state index contributed by atoms with van der Waals surface area (Å²) >= 11 is 0. The number of rotatable bonds is 6. The third-order valence-corrected chi connectivity index (χ3v) is 3.71. The molecule has 0 saturated carbocycles. The van der Waals surface area contributed by atoms with Crippen LogP contribution in [0.2, 0.25) is 0 Å². The van der Waals surface area contributed by atoms with Crippen LogP contribution in [0, 0.1) is 27.6 Å². The summed E-state index contributed by atoms with van der Waals surface area (Å²) in [5.74, 6) is -6.56. The van der Waals surface area contributed by atoms with E-state index in [0.29, 0.717) is 18.2 Å². The van der Waals surface area contributed by atoms with Crippen molar-refractivity contribution in [3.63, 3.8) is 0 Å². The minimum Gasteiger partial charge on any atom is -0.484 e. The van der Waals surface area contributed by atoms with E-state index in [1.807, 2.05) is 5.32 Å². The Morgan fingerprint density at radius 1 is 1.17 bits per heavy atom. The number of ether oxygens (including phenoxy) is 1. The van der Waals surface area contributed by atoms with Crippen LogP contribution in [0.15, 0.2) is 30.3 Å². The highest BCUT2D eigenvalue weighted by atomic mass is 19.4. The number of nitro groups is 1. The van der Waals surface area contributed by atoms with Crippen LogP contribution in [0.4, 0.5) is 37.7 Å². The minimum absolute atomic E-state index is 0.284. The molecule has 1 amide bonds. The van der Waals surface area contributed by atoms with E-state index < -0.39 is 69.4 Å². The topological polar surface area (TPSA) is 102 Å². The van der Waals surface area contributed by atoms with Crippen molar-refractivity contribution >= 4 is 17.3 Å². The van der Waals surface area contributed by atoms with E-state index in [4.69, 9.17) is 0 Å². The molecule has 0 aliphatic rings. The first-order valence-corrected chi connectivity index (χ1v) is 7.89. The van der Waals surface area contributed by atoms with E-state index >= 15 is 0 Å². The van der Waals surface area contributed by atoms with Gasteiger partial charge in [0.1, 0.15) is 18.0 Å². The number of halogens is 6. The second-order valence-corrected chi connectivity index (χ2v) is 6.20. The monoisotopic (exact) mass is 438 g/mol. The number of hydrogen-bond acceptors (Lipinski definition) is 5. The Balaban J connectivity index is 2.19. The summed E-state index contributed by atoms with van der Waals surface area (Å²) in [6.45, 7) is -0.227. The summed E-state index contributed by atoms with van der Waals surface area (Å²) < 4.78 is 83.6. The van der Waals surface area contributed by atoms with E-state index in [-0.39, 0.29) is 6.07 Å². The van der Waals surface area contributed by atoms with E-state index in [1.165, 1.54) is 0 Å². The van der Waals surface area contributed by atoms with Gasteiger partial charge in [-0.05, 0) is 19.1 Å². The summed E-state index contributed by atoms with van der Waals surface area (Å²) in [6, 6.07) is 2.17. The predicted octanol–water partition coefficient (Wildman–Crippen LogP) is 3.80. The standard InChI is InChI=1S/C17H12F6N2O5/c1-16(27,7-30-14-11(19)4-8(18)5-12(14)20)15(26)24-9-2-3-13(25(28)29)10(6-9)17(21,22)23/h2-6,27H,7H2,1H3,(H,24,26)/t16-/m1/s1. The zero-order chi connectivity index (χ0) is 22.9. The molecule has 162 valence electrons. The summed E-state index contributed by atoms with van der Waals surface area (Å²) in [5.41, 5.74) is -5.94. The summed E-state index contributed by atoms with van der Waals surface area (Å²) in [6.07, 6.45) is -5.10. The second-order valence-electron chi connectivity index (χ2n) is 6.20. The lowest BCUT2D eigenvalue weighted by Crippen LogP contribution is -2.45. The lowest BCUT2D eigenvalue weighted by molar-refractivity contribution is -0.388. The fourth-order valence-electron chi connectivity index (χ4n) is 2.21. The quantitative estimate of drug-likeness (QED) is 0.406. The molecule has 0 heterocycles. The Hall–Kier alpha value is -3.35. The summed E-state index contributed by atoms with van der Waals surface area (Å²) in [5, 5.41) is 22.8. The zero-order valence-corrected chi connectivity index (χ0v) is 14.9. The number of nitrogens with one attached hydrogen (secondary N) is 1. The van der Waals surface area contributed by atoms with Crippen LogP contribution < -0.4 is 10.1 Å². The van der Waals surface area contributed by atoms with Gasteiger partial charge in [0.2, 0.25) is 0 Å². The number of aliphatic hydroxyl groups is 1. The average molecular weight is 438 g/mol. The third kappa shape index (κ3) is 5.17. The number of benzene rings is 2. The van der Waals surface area contributed by atoms with Gasteiger partial charge in [-0.25, -0.2) is 13.2 Å². The number of amides is 1. The van der Waals surface area contributed by atoms with E-state index in [9.17, 15) is 46.4 Å². The van der Waals surface area contributed by atoms with Crippen LogP contribution in [0.3, 0.4) is 0 Å². The number of nitrogens with zero attached hydrogens (tertiary/aromatic N) is 1. The normalized spacial score (nSPS) is 13.5. The molecule has 0 aliphatic heterocycles. The van der Waals surface area contributed by atoms with Gasteiger partial charge in [0, 0.05) is 23.9 Å². The van der Waals surface area contributed by atoms with Gasteiger partial charge >= 0.3 is 6.18 Å². The van der Waals surface area contributed by atoms with Gasteiger partial charge in [0.05, 0.1) is 4.92 Å². The van der Waals surface area contributed by atoms with Gasteiger partial charge in [-0.15, -0.1) is 0 Å². The Morgan fingerprint density at radius 3 is 2.23 bits per heavy atom. The highest BCUT2D eigenvalue weighted by Gasteiger charge is 2.39. The molecular weight excluding hydrogens is 426 g/mol. The molecule has 0 spiro atoms. The van der Waals surface area contributed by atoms with Crippen LogP contribution in [0.25, 0.3) is 0 Å². The van der Waals surface area contributed by atoms with Crippen molar-refractivity contribution in [1.29, 1.82) is 0 Å². The molecule has 0 aromatic heterocycles. The molecule has 2 aromatic rings. The molecule has 7 nitrogen and oxygen atoms in total. The predicted molar refractivity (Wildman–Crippen MR) is 89.2 cm³/mol. The maximum absolute atomic E-state index is 13.5. The van der Waals surface area contributed by atoms with E-state index in [2.05, 4.69) is 4.74 Å². The average Bonchev–Trinajstić information content (AvgIpc) is 2.59. The maximum Gasteiger partial charge on any atom is 0.423 e. The first-order chi connectivity index (χ1) is 13.7. The zero-order valence-electron chi connectivity index (χ0n) is 14.9. The number of alkyl halides is 3. The van der Waals surface area contributed by atoms with Gasteiger partial charge in [-0.2, -0.15) is 13.2 Å². The molecule has 30 heavy (non-hydrogen) atoms. The largest absolute Gasteiger partial charge is 0.484 e. The lowest BCUT2D eigenvalue weighted by atomic mass is 10.1. The highest BCUT2D eigenvalue weighted by molar-refractivity contribution is 5.97.